The molecule has 0 bridgehead atoms. The average Bonchev–Trinajstić information content (AvgIpc) is 3.83. The van der Waals surface area contributed by atoms with Crippen LogP contribution in [-0.2, 0) is 21.1 Å². The van der Waals surface area contributed by atoms with E-state index in [1.165, 1.54) is 43.8 Å². The molecule has 0 unspecified atom stereocenters. The molecule has 0 spiro atoms. The van der Waals surface area contributed by atoms with Crippen LogP contribution in [-0.4, -0.2) is 24.5 Å². The molecular weight excluding hydrogens is 955 g/mol. The molecule has 11 rings (SSSR count). The first-order valence-corrected chi connectivity index (χ1v) is 20.8. The first-order valence-electron chi connectivity index (χ1n) is 19.0. The Morgan fingerprint density at radius 2 is 1.16 bits per heavy atom. The van der Waals surface area contributed by atoms with Gasteiger partial charge in [0.05, 0.1) is 0 Å². The minimum atomic E-state index is -0.0540. The van der Waals surface area contributed by atoms with Gasteiger partial charge in [-0.05, 0) is 0 Å². The number of nitrogens with zero attached hydrogens (tertiary/aromatic N) is 4. The molecule has 0 saturated heterocycles. The van der Waals surface area contributed by atoms with Gasteiger partial charge in [-0.3, -0.25) is 0 Å². The summed E-state index contributed by atoms with van der Waals surface area (Å²) in [5.74, 6) is 0.891. The number of para-hydroxylation sites is 2. The summed E-state index contributed by atoms with van der Waals surface area (Å²) in [6.07, 6.45) is 1.85. The molecule has 10 aromatic rings. The van der Waals surface area contributed by atoms with Crippen LogP contribution in [0.5, 0.6) is 0 Å². The summed E-state index contributed by atoms with van der Waals surface area (Å²) in [5, 5.41) is 4.77. The minimum absolute atomic E-state index is 0. The molecule has 58 heavy (non-hydrogen) atoms. The van der Waals surface area contributed by atoms with E-state index in [9.17, 15) is 0 Å². The van der Waals surface area contributed by atoms with E-state index in [1.807, 2.05) is 18.3 Å². The summed E-state index contributed by atoms with van der Waals surface area (Å²) < 4.78 is 4.54. The Hall–Kier alpha value is -6.22. The Bertz CT molecular complexity index is 3040. The Balaban J connectivity index is 0.00000408. The van der Waals surface area contributed by atoms with E-state index in [-0.39, 0.29) is 36.0 Å². The number of rotatable bonds is 7. The van der Waals surface area contributed by atoms with Gasteiger partial charge in [0.2, 0.25) is 0 Å². The Morgan fingerprint density at radius 3 is 1.91 bits per heavy atom. The fourth-order valence-electron chi connectivity index (χ4n) is 8.20. The summed E-state index contributed by atoms with van der Waals surface area (Å²) >= 11 is -0.0540. The third kappa shape index (κ3) is 6.24. The molecule has 4 nitrogen and oxygen atoms in total. The predicted molar refractivity (Wildman–Crippen MR) is 238 cm³/mol. The van der Waals surface area contributed by atoms with Crippen LogP contribution in [0.2, 0.25) is 0 Å². The quantitative estimate of drug-likeness (QED) is 0.117. The normalized spacial score (nSPS) is 12.3. The van der Waals surface area contributed by atoms with Crippen molar-refractivity contribution >= 4 is 79.2 Å². The number of pyridine rings is 1. The van der Waals surface area contributed by atoms with Crippen LogP contribution < -0.4 is 18.7 Å². The van der Waals surface area contributed by atoms with Crippen LogP contribution in [0.25, 0.3) is 60.6 Å². The van der Waals surface area contributed by atoms with Gasteiger partial charge in [-0.1, -0.05) is 0 Å². The van der Waals surface area contributed by atoms with Crippen molar-refractivity contribution in [3.63, 3.8) is 0 Å². The van der Waals surface area contributed by atoms with Crippen LogP contribution in [0.4, 0.5) is 22.7 Å². The molecule has 3 heterocycles. The monoisotopic (exact) mass is 988 g/mol. The number of anilines is 4. The Labute approximate surface area is 358 Å². The van der Waals surface area contributed by atoms with Gasteiger partial charge in [-0.2, -0.15) is 0 Å². The van der Waals surface area contributed by atoms with E-state index in [2.05, 4.69) is 209 Å². The standard InChI is InChI=1S/C52H33N4Se.Pt/c1-3-15-36(16-4-1)42-24-14-25-43(37-17-5-2-6-18-37)51(42)55-35-54(48-31-28-38-19-7-8-22-44(38)52(48)55)39-20-13-21-40(33-39)57-41-29-30-46-45-23-9-10-26-47(45)56(49(46)34-41)50-27-11-12-32-53-50;/h1-32,35H;/q-3;. The number of fused-ring (bicyclic) bond motifs is 6. The van der Waals surface area contributed by atoms with Crippen molar-refractivity contribution in [2.45, 2.75) is 0 Å². The average molecular weight is 988 g/mol. The van der Waals surface area contributed by atoms with E-state index < -0.39 is 0 Å². The van der Waals surface area contributed by atoms with E-state index in [0.29, 0.717) is 0 Å². The summed E-state index contributed by atoms with van der Waals surface area (Å²) in [5.41, 5.74) is 11.3. The summed E-state index contributed by atoms with van der Waals surface area (Å²) in [4.78, 5) is 9.45. The number of hydrogen-bond acceptors (Lipinski definition) is 3. The van der Waals surface area contributed by atoms with Crippen LogP contribution in [0.3, 0.4) is 0 Å². The van der Waals surface area contributed by atoms with Crippen LogP contribution in [0.1, 0.15) is 0 Å². The molecule has 0 amide bonds. The van der Waals surface area contributed by atoms with Crippen molar-refractivity contribution in [1.29, 1.82) is 0 Å². The van der Waals surface area contributed by atoms with E-state index in [4.69, 9.17) is 4.98 Å². The zero-order chi connectivity index (χ0) is 37.7. The third-order valence-electron chi connectivity index (χ3n) is 10.7. The van der Waals surface area contributed by atoms with Gasteiger partial charge in [0.1, 0.15) is 0 Å². The second kappa shape index (κ2) is 15.3. The molecule has 8 aromatic carbocycles. The fraction of sp³-hybridized carbons (Fsp3) is 0. The van der Waals surface area contributed by atoms with Gasteiger partial charge in [-0.25, -0.2) is 0 Å². The molecule has 280 valence electrons. The van der Waals surface area contributed by atoms with Crippen molar-refractivity contribution < 1.29 is 21.1 Å². The van der Waals surface area contributed by atoms with E-state index in [0.717, 1.165) is 48.5 Å². The van der Waals surface area contributed by atoms with Gasteiger partial charge in [0, 0.05) is 21.1 Å². The molecule has 0 fully saturated rings. The molecule has 0 radical (unpaired) electrons. The maximum atomic E-state index is 4.73. The van der Waals surface area contributed by atoms with Crippen LogP contribution in [0, 0.1) is 18.8 Å². The molecule has 2 aromatic heterocycles. The summed E-state index contributed by atoms with van der Waals surface area (Å²) in [6, 6.07) is 74.6. The second-order valence-electron chi connectivity index (χ2n) is 14.1. The summed E-state index contributed by atoms with van der Waals surface area (Å²) in [6.45, 7) is 2.26. The number of benzene rings is 8. The van der Waals surface area contributed by atoms with Crippen molar-refractivity contribution in [2.75, 3.05) is 9.80 Å². The van der Waals surface area contributed by atoms with Gasteiger partial charge in [-0.15, -0.1) is 0 Å². The van der Waals surface area contributed by atoms with Crippen molar-refractivity contribution in [1.82, 2.24) is 9.55 Å². The molecule has 1 aliphatic rings. The van der Waals surface area contributed by atoms with E-state index >= 15 is 0 Å². The molecule has 0 aliphatic carbocycles. The molecule has 1 aliphatic heterocycles. The van der Waals surface area contributed by atoms with Crippen LogP contribution in [0.15, 0.2) is 194 Å². The molecule has 0 N–H and O–H groups in total. The fourth-order valence-corrected chi connectivity index (χ4v) is 9.93. The number of aromatic nitrogens is 2. The van der Waals surface area contributed by atoms with E-state index in [1.54, 1.807) is 0 Å². The summed E-state index contributed by atoms with van der Waals surface area (Å²) in [7, 11) is 0. The van der Waals surface area contributed by atoms with Gasteiger partial charge in [0.15, 0.2) is 0 Å². The zero-order valence-corrected chi connectivity index (χ0v) is 35.1. The SMILES string of the molecule is [Pt].[c-]1c([Se]c2[c-]c3c(cc2)c2ccccc2n3-c2ccccn2)cccc1N1[CH-]N(c2c(-c3ccccc3)cccc2-c2ccccc2)c2c1ccc1ccccc21. The number of hydrogen-bond donors (Lipinski definition) is 0. The second-order valence-corrected chi connectivity index (χ2v) is 16.3. The first kappa shape index (κ1) is 36.1. The topological polar surface area (TPSA) is 24.3 Å². The van der Waals surface area contributed by atoms with Crippen molar-refractivity contribution in [3.8, 4) is 28.1 Å². The van der Waals surface area contributed by atoms with Gasteiger partial charge in [0.25, 0.3) is 0 Å². The third-order valence-corrected chi connectivity index (χ3v) is 12.6. The van der Waals surface area contributed by atoms with Gasteiger partial charge >= 0.3 is 340 Å². The zero-order valence-electron chi connectivity index (χ0n) is 31.1. The van der Waals surface area contributed by atoms with Crippen molar-refractivity contribution in [2.24, 2.45) is 0 Å². The maximum absolute atomic E-state index is 4.73. The van der Waals surface area contributed by atoms with Crippen molar-refractivity contribution in [3.05, 3.63) is 213 Å². The molecular formula is C52H33N4PtSe-3. The van der Waals surface area contributed by atoms with Gasteiger partial charge < -0.3 is 0 Å². The van der Waals surface area contributed by atoms with Crippen LogP contribution >= 0.6 is 0 Å². The molecule has 0 atom stereocenters. The Kier molecular flexibility index (Phi) is 9.51. The first-order chi connectivity index (χ1) is 28.3. The molecule has 6 heteroatoms. The molecule has 0 saturated carbocycles. The Morgan fingerprint density at radius 1 is 0.483 bits per heavy atom. The predicted octanol–water partition coefficient (Wildman–Crippen LogP) is 11.3.